The lowest BCUT2D eigenvalue weighted by Crippen LogP contribution is -2.07. The molecule has 0 unspecified atom stereocenters. The summed E-state index contributed by atoms with van der Waals surface area (Å²) < 4.78 is 14.2. The van der Waals surface area contributed by atoms with Crippen LogP contribution in [-0.4, -0.2) is 28.0 Å². The Balaban J connectivity index is 1.73. The normalized spacial score (nSPS) is 11.4. The molecule has 0 aliphatic heterocycles. The number of aromatic nitrogens is 2. The van der Waals surface area contributed by atoms with Gasteiger partial charge in [-0.25, -0.2) is 4.79 Å². The van der Waals surface area contributed by atoms with Gasteiger partial charge in [0, 0.05) is 23.8 Å². The smallest absolute Gasteiger partial charge is 0.336 e. The number of nitrogens with zero attached hydrogens (tertiary/aromatic N) is 2. The van der Waals surface area contributed by atoms with Gasteiger partial charge < -0.3 is 14.3 Å². The lowest BCUT2D eigenvalue weighted by atomic mass is 9.99. The van der Waals surface area contributed by atoms with Crippen LogP contribution in [0.25, 0.3) is 22.3 Å². The molecule has 0 bridgehead atoms. The third kappa shape index (κ3) is 4.75. The number of hydrogen-bond donors (Lipinski definition) is 1. The summed E-state index contributed by atoms with van der Waals surface area (Å²) in [5.41, 5.74) is 5.57. The molecule has 0 aliphatic carbocycles. The fraction of sp³-hybridized carbons (Fsp3) is 0.308. The maximum atomic E-state index is 11.8. The number of halogens is 1. The van der Waals surface area contributed by atoms with E-state index >= 15 is 0 Å². The molecule has 7 heteroatoms. The molecule has 2 aromatic carbocycles. The largest absolute Gasteiger partial charge is 0.478 e. The number of benzene rings is 2. The van der Waals surface area contributed by atoms with E-state index in [9.17, 15) is 9.90 Å². The van der Waals surface area contributed by atoms with Gasteiger partial charge in [0.2, 0.25) is 0 Å². The van der Waals surface area contributed by atoms with Crippen molar-refractivity contribution in [1.29, 1.82) is 0 Å². The first-order chi connectivity index (χ1) is 15.9. The minimum atomic E-state index is -0.980. The number of carboxylic acids is 1. The number of hydrogen-bond acceptors (Lipinski definition) is 4. The van der Waals surface area contributed by atoms with Crippen LogP contribution in [0, 0.1) is 6.92 Å². The number of aryl methyl sites for hydroxylation is 2. The number of fused-ring (bicyclic) bond motifs is 1. The lowest BCUT2D eigenvalue weighted by Gasteiger charge is -2.08. The molecule has 4 rings (SSSR count). The summed E-state index contributed by atoms with van der Waals surface area (Å²) in [4.78, 5) is 11.8. The summed E-state index contributed by atoms with van der Waals surface area (Å²) in [6.45, 7) is 5.20. The van der Waals surface area contributed by atoms with E-state index in [4.69, 9.17) is 14.3 Å². The number of aromatic carboxylic acids is 1. The number of carboxylic acid groups (broad SMARTS) is 1. The number of furan rings is 1. The summed E-state index contributed by atoms with van der Waals surface area (Å²) in [6.07, 6.45) is 3.20. The molecule has 6 nitrogen and oxygen atoms in total. The molecule has 0 amide bonds. The summed E-state index contributed by atoms with van der Waals surface area (Å²) in [7, 11) is 1.68. The van der Waals surface area contributed by atoms with Gasteiger partial charge in [0.1, 0.15) is 5.58 Å². The highest BCUT2D eigenvalue weighted by atomic mass is 79.9. The van der Waals surface area contributed by atoms with Gasteiger partial charge in [0.05, 0.1) is 28.9 Å². The fourth-order valence-electron chi connectivity index (χ4n) is 4.12. The number of rotatable bonds is 9. The Morgan fingerprint density at radius 2 is 2.06 bits per heavy atom. The van der Waals surface area contributed by atoms with Crippen LogP contribution < -0.4 is 0 Å². The van der Waals surface area contributed by atoms with Gasteiger partial charge in [0.15, 0.2) is 5.76 Å². The number of carbonyl (C=O) groups is 1. The quantitative estimate of drug-likeness (QED) is 0.274. The molecule has 0 fully saturated rings. The minimum absolute atomic E-state index is 0.220. The van der Waals surface area contributed by atoms with Crippen LogP contribution in [0.3, 0.4) is 0 Å². The van der Waals surface area contributed by atoms with Crippen molar-refractivity contribution in [3.63, 3.8) is 0 Å². The zero-order chi connectivity index (χ0) is 23.5. The Morgan fingerprint density at radius 3 is 2.79 bits per heavy atom. The van der Waals surface area contributed by atoms with E-state index in [0.29, 0.717) is 30.1 Å². The third-order valence-corrected chi connectivity index (χ3v) is 6.53. The summed E-state index contributed by atoms with van der Waals surface area (Å²) >= 11 is 3.67. The van der Waals surface area contributed by atoms with Gasteiger partial charge in [-0.1, -0.05) is 31.5 Å². The number of methoxy groups -OCH3 is 1. The molecule has 0 saturated heterocycles. The van der Waals surface area contributed by atoms with Crippen LogP contribution in [0.5, 0.6) is 0 Å². The molecule has 0 aliphatic rings. The van der Waals surface area contributed by atoms with Gasteiger partial charge in [-0.2, -0.15) is 5.10 Å². The monoisotopic (exact) mass is 510 g/mol. The van der Waals surface area contributed by atoms with E-state index in [2.05, 4.69) is 35.0 Å². The first kappa shape index (κ1) is 23.3. The minimum Gasteiger partial charge on any atom is -0.478 e. The standard InChI is InChI=1S/C26H27BrN2O4/c1-4-5-8-19-13-18(15-32-3)28-29(19)14-17-10-11-22-21(12-17)24(27)25(33-22)23-16(2)7-6-9-20(23)26(30)31/h6-7,9-13H,4-5,8,14-15H2,1-3H3,(H,30,31). The van der Waals surface area contributed by atoms with Crippen molar-refractivity contribution >= 4 is 32.9 Å². The molecule has 172 valence electrons. The van der Waals surface area contributed by atoms with Gasteiger partial charge in [-0.15, -0.1) is 0 Å². The van der Waals surface area contributed by atoms with E-state index in [-0.39, 0.29) is 5.56 Å². The Kier molecular flexibility index (Phi) is 7.00. The second-order valence-electron chi connectivity index (χ2n) is 8.20. The Morgan fingerprint density at radius 1 is 1.24 bits per heavy atom. The van der Waals surface area contributed by atoms with Crippen molar-refractivity contribution in [2.24, 2.45) is 0 Å². The van der Waals surface area contributed by atoms with Crippen molar-refractivity contribution in [2.75, 3.05) is 7.11 Å². The second-order valence-corrected chi connectivity index (χ2v) is 8.99. The van der Waals surface area contributed by atoms with E-state index < -0.39 is 5.97 Å². The molecule has 33 heavy (non-hydrogen) atoms. The molecule has 0 atom stereocenters. The molecule has 0 spiro atoms. The van der Waals surface area contributed by atoms with Crippen LogP contribution in [0.4, 0.5) is 0 Å². The molecule has 2 heterocycles. The highest BCUT2D eigenvalue weighted by molar-refractivity contribution is 9.10. The third-order valence-electron chi connectivity index (χ3n) is 5.75. The van der Waals surface area contributed by atoms with Crippen LogP contribution in [0.1, 0.15) is 52.6 Å². The SMILES string of the molecule is CCCCc1cc(COC)nn1Cc1ccc2oc(-c3c(C)cccc3C(=O)O)c(Br)c2c1. The van der Waals surface area contributed by atoms with E-state index in [1.54, 1.807) is 19.2 Å². The topological polar surface area (TPSA) is 77.5 Å². The van der Waals surface area contributed by atoms with Crippen LogP contribution in [0.2, 0.25) is 0 Å². The summed E-state index contributed by atoms with van der Waals surface area (Å²) in [5, 5.41) is 15.3. The highest BCUT2D eigenvalue weighted by Crippen LogP contribution is 2.41. The Labute approximate surface area is 201 Å². The van der Waals surface area contributed by atoms with Crippen LogP contribution >= 0.6 is 15.9 Å². The van der Waals surface area contributed by atoms with Crippen LogP contribution in [-0.2, 0) is 24.3 Å². The summed E-state index contributed by atoms with van der Waals surface area (Å²) in [6, 6.07) is 13.4. The fourth-order valence-corrected chi connectivity index (χ4v) is 4.71. The van der Waals surface area contributed by atoms with E-state index in [0.717, 1.165) is 45.9 Å². The van der Waals surface area contributed by atoms with Gasteiger partial charge in [-0.05, 0) is 71.1 Å². The molecular formula is C26H27BrN2O4. The number of unbranched alkanes of at least 4 members (excludes halogenated alkanes) is 1. The molecule has 1 N–H and O–H groups in total. The molecule has 4 aromatic rings. The van der Waals surface area contributed by atoms with Gasteiger partial charge in [0.25, 0.3) is 0 Å². The second kappa shape index (κ2) is 9.93. The average molecular weight is 511 g/mol. The van der Waals surface area contributed by atoms with Crippen molar-refractivity contribution in [3.8, 4) is 11.3 Å². The predicted molar refractivity (Wildman–Crippen MR) is 132 cm³/mol. The predicted octanol–water partition coefficient (Wildman–Crippen LogP) is 6.60. The number of ether oxygens (including phenoxy) is 1. The van der Waals surface area contributed by atoms with Crippen LogP contribution in [0.15, 0.2) is 51.4 Å². The maximum absolute atomic E-state index is 11.8. The van der Waals surface area contributed by atoms with Crippen molar-refractivity contribution < 1.29 is 19.1 Å². The highest BCUT2D eigenvalue weighted by Gasteiger charge is 2.22. The molecule has 0 radical (unpaired) electrons. The molecule has 2 aromatic heterocycles. The molecule has 0 saturated carbocycles. The van der Waals surface area contributed by atoms with Crippen molar-refractivity contribution in [3.05, 3.63) is 75.0 Å². The van der Waals surface area contributed by atoms with E-state index in [1.807, 2.05) is 29.8 Å². The maximum Gasteiger partial charge on any atom is 0.336 e. The van der Waals surface area contributed by atoms with Gasteiger partial charge in [-0.3, -0.25) is 4.68 Å². The zero-order valence-electron chi connectivity index (χ0n) is 19.0. The Hall–Kier alpha value is -2.90. The van der Waals surface area contributed by atoms with Crippen molar-refractivity contribution in [1.82, 2.24) is 9.78 Å². The van der Waals surface area contributed by atoms with Gasteiger partial charge >= 0.3 is 5.97 Å². The molecular weight excluding hydrogens is 484 g/mol. The Bertz CT molecular complexity index is 1310. The first-order valence-electron chi connectivity index (χ1n) is 11.0. The zero-order valence-corrected chi connectivity index (χ0v) is 20.6. The lowest BCUT2D eigenvalue weighted by molar-refractivity contribution is 0.0697. The van der Waals surface area contributed by atoms with Crippen molar-refractivity contribution in [2.45, 2.75) is 46.3 Å². The summed E-state index contributed by atoms with van der Waals surface area (Å²) in [5.74, 6) is -0.449. The average Bonchev–Trinajstić information content (AvgIpc) is 3.32. The van der Waals surface area contributed by atoms with E-state index in [1.165, 1.54) is 5.69 Å². The first-order valence-corrected chi connectivity index (χ1v) is 11.8.